The minimum Gasteiger partial charge on any atom is -0.319 e. The molecule has 1 aromatic carbocycles. The number of nitrogens with one attached hydrogen (secondary N) is 1. The summed E-state index contributed by atoms with van der Waals surface area (Å²) in [6.07, 6.45) is 1.15. The second-order valence-electron chi connectivity index (χ2n) is 4.34. The molecule has 0 saturated carbocycles. The van der Waals surface area contributed by atoms with Gasteiger partial charge in [-0.1, -0.05) is 18.2 Å². The summed E-state index contributed by atoms with van der Waals surface area (Å²) in [7, 11) is 0. The molecule has 2 aliphatic rings. The zero-order valence-corrected chi connectivity index (χ0v) is 8.73. The van der Waals surface area contributed by atoms with Crippen LogP contribution in [-0.2, 0) is 0 Å². The van der Waals surface area contributed by atoms with Crippen molar-refractivity contribution in [3.63, 3.8) is 0 Å². The van der Waals surface area contributed by atoms with Gasteiger partial charge in [-0.2, -0.15) is 0 Å². The Morgan fingerprint density at radius 1 is 1.40 bits per heavy atom. The molecule has 3 rings (SSSR count). The normalized spacial score (nSPS) is 28.9. The van der Waals surface area contributed by atoms with Crippen LogP contribution in [0.2, 0.25) is 0 Å². The third-order valence-electron chi connectivity index (χ3n) is 3.30. The molecule has 2 aliphatic heterocycles. The fourth-order valence-electron chi connectivity index (χ4n) is 2.47. The van der Waals surface area contributed by atoms with Crippen molar-refractivity contribution in [3.8, 4) is 0 Å². The van der Waals surface area contributed by atoms with Gasteiger partial charge >= 0.3 is 0 Å². The van der Waals surface area contributed by atoms with Crippen LogP contribution in [0.5, 0.6) is 0 Å². The number of carbonyl (C=O) groups is 1. The zero-order chi connectivity index (χ0) is 10.4. The standard InChI is InChI=1S/C12H14N2O/c1-8-6-7-14-11(13-8)9-4-2-3-5-10(9)12(14)15/h2-5,8,11,13H,6-7H2,1H3. The fourth-order valence-corrected chi connectivity index (χ4v) is 2.47. The summed E-state index contributed by atoms with van der Waals surface area (Å²) in [5, 5.41) is 3.47. The lowest BCUT2D eigenvalue weighted by Crippen LogP contribution is -2.47. The van der Waals surface area contributed by atoms with E-state index in [1.807, 2.05) is 29.2 Å². The Kier molecular flexibility index (Phi) is 1.83. The summed E-state index contributed by atoms with van der Waals surface area (Å²) in [5.74, 6) is 0.176. The Bertz CT molecular complexity index is 416. The summed E-state index contributed by atoms with van der Waals surface area (Å²) < 4.78 is 0. The molecule has 1 amide bonds. The molecule has 3 nitrogen and oxygen atoms in total. The molecule has 2 heterocycles. The van der Waals surface area contributed by atoms with Crippen molar-refractivity contribution in [2.24, 2.45) is 0 Å². The van der Waals surface area contributed by atoms with E-state index in [1.165, 1.54) is 0 Å². The third-order valence-corrected chi connectivity index (χ3v) is 3.30. The van der Waals surface area contributed by atoms with Crippen LogP contribution in [0.3, 0.4) is 0 Å². The molecule has 0 aromatic heterocycles. The number of amides is 1. The van der Waals surface area contributed by atoms with Crippen molar-refractivity contribution < 1.29 is 4.79 Å². The maximum Gasteiger partial charge on any atom is 0.255 e. The van der Waals surface area contributed by atoms with E-state index in [-0.39, 0.29) is 12.1 Å². The monoisotopic (exact) mass is 202 g/mol. The SMILES string of the molecule is CC1CCN2C(=O)c3ccccc3C2N1. The second-order valence-corrected chi connectivity index (χ2v) is 4.34. The minimum absolute atomic E-state index is 0.109. The summed E-state index contributed by atoms with van der Waals surface area (Å²) in [6, 6.07) is 8.38. The molecule has 1 aromatic rings. The van der Waals surface area contributed by atoms with Crippen LogP contribution in [0, 0.1) is 0 Å². The highest BCUT2D eigenvalue weighted by atomic mass is 16.2. The van der Waals surface area contributed by atoms with E-state index in [1.54, 1.807) is 0 Å². The Morgan fingerprint density at radius 3 is 3.07 bits per heavy atom. The van der Waals surface area contributed by atoms with Gasteiger partial charge in [-0.05, 0) is 19.4 Å². The maximum absolute atomic E-state index is 12.0. The van der Waals surface area contributed by atoms with Crippen molar-refractivity contribution in [3.05, 3.63) is 35.4 Å². The van der Waals surface area contributed by atoms with Crippen LogP contribution in [0.1, 0.15) is 35.4 Å². The van der Waals surface area contributed by atoms with Gasteiger partial charge in [0.2, 0.25) is 0 Å². The summed E-state index contributed by atoms with van der Waals surface area (Å²) in [6.45, 7) is 3.04. The average molecular weight is 202 g/mol. The second kappa shape index (κ2) is 3.07. The van der Waals surface area contributed by atoms with Crippen LogP contribution in [-0.4, -0.2) is 23.4 Å². The van der Waals surface area contributed by atoms with Gasteiger partial charge in [-0.25, -0.2) is 0 Å². The van der Waals surface area contributed by atoms with Crippen LogP contribution >= 0.6 is 0 Å². The van der Waals surface area contributed by atoms with Crippen molar-refractivity contribution in [1.29, 1.82) is 0 Å². The Hall–Kier alpha value is -1.35. The van der Waals surface area contributed by atoms with E-state index in [9.17, 15) is 4.79 Å². The first kappa shape index (κ1) is 8.92. The van der Waals surface area contributed by atoms with E-state index in [0.717, 1.165) is 24.1 Å². The molecule has 0 aliphatic carbocycles. The lowest BCUT2D eigenvalue weighted by molar-refractivity contribution is 0.0604. The van der Waals surface area contributed by atoms with Crippen LogP contribution in [0.25, 0.3) is 0 Å². The lowest BCUT2D eigenvalue weighted by atomic mass is 10.1. The number of fused-ring (bicyclic) bond motifs is 3. The number of nitrogens with zero attached hydrogens (tertiary/aromatic N) is 1. The topological polar surface area (TPSA) is 32.3 Å². The average Bonchev–Trinajstić information content (AvgIpc) is 2.54. The van der Waals surface area contributed by atoms with Gasteiger partial charge < -0.3 is 4.90 Å². The molecule has 3 heteroatoms. The first-order chi connectivity index (χ1) is 7.27. The van der Waals surface area contributed by atoms with Crippen LogP contribution < -0.4 is 5.32 Å². The van der Waals surface area contributed by atoms with Crippen LogP contribution in [0.4, 0.5) is 0 Å². The molecule has 78 valence electrons. The molecular weight excluding hydrogens is 188 g/mol. The van der Waals surface area contributed by atoms with Gasteiger partial charge in [-0.3, -0.25) is 10.1 Å². The molecule has 1 saturated heterocycles. The van der Waals surface area contributed by atoms with Gasteiger partial charge in [0, 0.05) is 23.7 Å². The Morgan fingerprint density at radius 2 is 2.20 bits per heavy atom. The molecule has 2 unspecified atom stereocenters. The summed E-state index contributed by atoms with van der Waals surface area (Å²) in [5.41, 5.74) is 2.00. The summed E-state index contributed by atoms with van der Waals surface area (Å²) >= 11 is 0. The Balaban J connectivity index is 2.06. The van der Waals surface area contributed by atoms with E-state index in [0.29, 0.717) is 6.04 Å². The molecule has 1 fully saturated rings. The minimum atomic E-state index is 0.109. The number of hydrogen-bond donors (Lipinski definition) is 1. The molecule has 0 spiro atoms. The number of carbonyl (C=O) groups excluding carboxylic acids is 1. The Labute approximate surface area is 89.1 Å². The number of rotatable bonds is 0. The van der Waals surface area contributed by atoms with Crippen molar-refractivity contribution in [2.45, 2.75) is 25.6 Å². The fraction of sp³-hybridized carbons (Fsp3) is 0.417. The van der Waals surface area contributed by atoms with Crippen LogP contribution in [0.15, 0.2) is 24.3 Å². The predicted octanol–water partition coefficient (Wildman–Crippen LogP) is 1.52. The summed E-state index contributed by atoms with van der Waals surface area (Å²) in [4.78, 5) is 14.0. The molecule has 2 atom stereocenters. The first-order valence-corrected chi connectivity index (χ1v) is 5.43. The first-order valence-electron chi connectivity index (χ1n) is 5.43. The highest BCUT2D eigenvalue weighted by Gasteiger charge is 2.38. The highest BCUT2D eigenvalue weighted by molar-refractivity contribution is 5.99. The number of hydrogen-bond acceptors (Lipinski definition) is 2. The molecule has 0 radical (unpaired) electrons. The van der Waals surface area contributed by atoms with Crippen molar-refractivity contribution in [1.82, 2.24) is 10.2 Å². The maximum atomic E-state index is 12.0. The van der Waals surface area contributed by atoms with E-state index in [4.69, 9.17) is 0 Å². The smallest absolute Gasteiger partial charge is 0.255 e. The van der Waals surface area contributed by atoms with E-state index in [2.05, 4.69) is 12.2 Å². The lowest BCUT2D eigenvalue weighted by Gasteiger charge is -2.35. The molecule has 15 heavy (non-hydrogen) atoms. The zero-order valence-electron chi connectivity index (χ0n) is 8.73. The van der Waals surface area contributed by atoms with Gasteiger partial charge in [-0.15, -0.1) is 0 Å². The van der Waals surface area contributed by atoms with Crippen molar-refractivity contribution >= 4 is 5.91 Å². The quantitative estimate of drug-likeness (QED) is 0.692. The van der Waals surface area contributed by atoms with Crippen molar-refractivity contribution in [2.75, 3.05) is 6.54 Å². The van der Waals surface area contributed by atoms with Gasteiger partial charge in [0.05, 0.1) is 0 Å². The highest BCUT2D eigenvalue weighted by Crippen LogP contribution is 2.34. The number of benzene rings is 1. The molecule has 0 bridgehead atoms. The molecular formula is C12H14N2O. The van der Waals surface area contributed by atoms with E-state index >= 15 is 0 Å². The van der Waals surface area contributed by atoms with Gasteiger partial charge in [0.1, 0.15) is 6.17 Å². The van der Waals surface area contributed by atoms with E-state index < -0.39 is 0 Å². The van der Waals surface area contributed by atoms with Gasteiger partial charge in [0.25, 0.3) is 5.91 Å². The third kappa shape index (κ3) is 1.20. The van der Waals surface area contributed by atoms with Gasteiger partial charge in [0.15, 0.2) is 0 Å². The molecule has 1 N–H and O–H groups in total. The largest absolute Gasteiger partial charge is 0.319 e. The predicted molar refractivity (Wildman–Crippen MR) is 57.4 cm³/mol.